The lowest BCUT2D eigenvalue weighted by molar-refractivity contribution is -0.140. The first-order valence-corrected chi connectivity index (χ1v) is 9.78. The van der Waals surface area contributed by atoms with Gasteiger partial charge in [0.05, 0.1) is 11.8 Å². The monoisotopic (exact) mass is 366 g/mol. The number of anilines is 1. The number of hydrogen-bond acceptors (Lipinski definition) is 3. The third kappa shape index (κ3) is 3.24. The fourth-order valence-electron chi connectivity index (χ4n) is 4.62. The molecule has 3 N–H and O–H groups in total. The minimum Gasteiger partial charge on any atom is -0.370 e. The van der Waals surface area contributed by atoms with Crippen molar-refractivity contribution in [1.82, 2.24) is 4.90 Å². The number of rotatable bonds is 6. The summed E-state index contributed by atoms with van der Waals surface area (Å²) in [5.74, 6) is 0.651. The van der Waals surface area contributed by atoms with E-state index in [2.05, 4.69) is 41.5 Å². The van der Waals surface area contributed by atoms with Crippen LogP contribution in [0, 0.1) is 23.7 Å². The van der Waals surface area contributed by atoms with Crippen LogP contribution in [0.3, 0.4) is 0 Å². The van der Waals surface area contributed by atoms with Crippen LogP contribution in [0.1, 0.15) is 25.3 Å². The highest BCUT2D eigenvalue weighted by Crippen LogP contribution is 2.52. The van der Waals surface area contributed by atoms with Crippen LogP contribution in [0.4, 0.5) is 5.69 Å². The molecular weight excluding hydrogens is 340 g/mol. The molecule has 2 bridgehead atoms. The van der Waals surface area contributed by atoms with E-state index >= 15 is 0 Å². The van der Waals surface area contributed by atoms with Gasteiger partial charge in [-0.2, -0.15) is 0 Å². The maximum Gasteiger partial charge on any atom is 0.233 e. The normalized spacial score (nSPS) is 28.9. The molecule has 4 unspecified atom stereocenters. The van der Waals surface area contributed by atoms with Gasteiger partial charge in [-0.25, -0.2) is 0 Å². The van der Waals surface area contributed by atoms with Crippen molar-refractivity contribution >= 4 is 23.5 Å². The Bertz CT molecular complexity index is 769. The fourth-order valence-corrected chi connectivity index (χ4v) is 4.62. The number of benzene rings is 1. The summed E-state index contributed by atoms with van der Waals surface area (Å²) in [7, 11) is 0. The molecule has 1 aliphatic heterocycles. The number of likely N-dealkylation sites (tertiary alicyclic amines) is 1. The summed E-state index contributed by atoms with van der Waals surface area (Å²) in [6.45, 7) is 3.01. The lowest BCUT2D eigenvalue weighted by atomic mass is 9.85. The summed E-state index contributed by atoms with van der Waals surface area (Å²) in [6, 6.07) is 8.06. The van der Waals surface area contributed by atoms with Gasteiger partial charge in [0.1, 0.15) is 0 Å². The largest absolute Gasteiger partial charge is 0.370 e. The van der Waals surface area contributed by atoms with Crippen LogP contribution in [-0.4, -0.2) is 35.8 Å². The molecule has 1 aromatic rings. The Labute approximate surface area is 159 Å². The van der Waals surface area contributed by atoms with Crippen molar-refractivity contribution in [2.75, 3.05) is 18.4 Å². The zero-order chi connectivity index (χ0) is 19.0. The number of nitrogens with zero attached hydrogens (tertiary/aromatic N) is 2. The number of nitrogens with two attached hydrogens (primary N) is 1. The summed E-state index contributed by atoms with van der Waals surface area (Å²) in [5, 5.41) is 3.06. The number of allylic oxidation sites excluding steroid dienone is 2. The van der Waals surface area contributed by atoms with Crippen LogP contribution in [0.25, 0.3) is 0 Å². The first kappa shape index (κ1) is 17.8. The highest BCUT2D eigenvalue weighted by Gasteiger charge is 2.58. The van der Waals surface area contributed by atoms with E-state index in [0.29, 0.717) is 25.5 Å². The molecule has 4 atom stereocenters. The summed E-state index contributed by atoms with van der Waals surface area (Å²) >= 11 is 0. The van der Waals surface area contributed by atoms with Crippen LogP contribution in [0.5, 0.6) is 0 Å². The molecule has 0 radical (unpaired) electrons. The Balaban J connectivity index is 1.27. The van der Waals surface area contributed by atoms with Gasteiger partial charge < -0.3 is 11.1 Å². The first-order chi connectivity index (χ1) is 13.1. The highest BCUT2D eigenvalue weighted by atomic mass is 16.2. The fraction of sp³-hybridized carbons (Fsp3) is 0.476. The van der Waals surface area contributed by atoms with Crippen molar-refractivity contribution in [3.63, 3.8) is 0 Å². The van der Waals surface area contributed by atoms with E-state index in [4.69, 9.17) is 5.73 Å². The van der Waals surface area contributed by atoms with E-state index in [0.717, 1.165) is 18.5 Å². The number of imide groups is 1. The number of hydrogen-bond donors (Lipinski definition) is 2. The molecule has 6 heteroatoms. The average Bonchev–Trinajstić information content (AvgIpc) is 3.35. The van der Waals surface area contributed by atoms with Crippen molar-refractivity contribution in [3.05, 3.63) is 42.0 Å². The van der Waals surface area contributed by atoms with Gasteiger partial charge in [0, 0.05) is 18.8 Å². The van der Waals surface area contributed by atoms with Crippen molar-refractivity contribution in [2.24, 2.45) is 34.4 Å². The Kier molecular flexibility index (Phi) is 4.72. The van der Waals surface area contributed by atoms with Crippen molar-refractivity contribution in [1.29, 1.82) is 0 Å². The molecule has 6 nitrogen and oxygen atoms in total. The molecule has 0 aromatic heterocycles. The molecule has 1 saturated heterocycles. The van der Waals surface area contributed by atoms with Crippen molar-refractivity contribution in [2.45, 2.75) is 26.2 Å². The lowest BCUT2D eigenvalue weighted by Crippen LogP contribution is -2.34. The number of carbonyl (C=O) groups is 2. The number of nitrogens with one attached hydrogen (secondary N) is 1. The van der Waals surface area contributed by atoms with E-state index < -0.39 is 0 Å². The van der Waals surface area contributed by atoms with Gasteiger partial charge in [-0.1, -0.05) is 31.2 Å². The van der Waals surface area contributed by atoms with Gasteiger partial charge in [-0.3, -0.25) is 19.5 Å². The molecule has 4 rings (SSSR count). The number of fused-ring (bicyclic) bond motifs is 5. The topological polar surface area (TPSA) is 87.8 Å². The Hall–Kier alpha value is -2.63. The van der Waals surface area contributed by atoms with Gasteiger partial charge in [0.15, 0.2) is 5.96 Å². The quantitative estimate of drug-likeness (QED) is 0.266. The molecule has 1 saturated carbocycles. The molecule has 1 heterocycles. The Morgan fingerprint density at radius 2 is 1.78 bits per heavy atom. The van der Waals surface area contributed by atoms with Crippen LogP contribution < -0.4 is 11.1 Å². The summed E-state index contributed by atoms with van der Waals surface area (Å²) in [6.07, 6.45) is 6.81. The molecule has 27 heavy (non-hydrogen) atoms. The van der Waals surface area contributed by atoms with Crippen molar-refractivity contribution < 1.29 is 9.59 Å². The second-order valence-corrected chi connectivity index (χ2v) is 7.62. The number of carbonyl (C=O) groups excluding carboxylic acids is 2. The minimum absolute atomic E-state index is 0.00735. The maximum absolute atomic E-state index is 12.6. The molecular formula is C21H26N4O2. The third-order valence-electron chi connectivity index (χ3n) is 6.02. The number of aryl methyl sites for hydroxylation is 1. The molecule has 3 aliphatic rings. The Morgan fingerprint density at radius 3 is 2.37 bits per heavy atom. The van der Waals surface area contributed by atoms with E-state index in [9.17, 15) is 9.59 Å². The maximum atomic E-state index is 12.6. The molecule has 2 aliphatic carbocycles. The van der Waals surface area contributed by atoms with Gasteiger partial charge in [0.2, 0.25) is 11.8 Å². The summed E-state index contributed by atoms with van der Waals surface area (Å²) in [4.78, 5) is 31.0. The summed E-state index contributed by atoms with van der Waals surface area (Å²) < 4.78 is 0. The van der Waals surface area contributed by atoms with Gasteiger partial charge in [-0.05, 0) is 48.8 Å². The Morgan fingerprint density at radius 1 is 1.15 bits per heavy atom. The second kappa shape index (κ2) is 7.18. The number of guanidine groups is 1. The van der Waals surface area contributed by atoms with Crippen LogP contribution in [0.15, 0.2) is 41.4 Å². The van der Waals surface area contributed by atoms with Gasteiger partial charge in [-0.15, -0.1) is 0 Å². The standard InChI is InChI=1S/C21H26N4O2/c1-2-13-4-8-16(9-5-13)24-21(22)23-10-3-11-25-19(26)17-14-6-7-15(12-14)18(17)20(25)27/h4-9,14-15,17-18H,2-3,10-12H2,1H3,(H3,22,23,24). The zero-order valence-electron chi connectivity index (χ0n) is 15.6. The average molecular weight is 366 g/mol. The SMILES string of the molecule is CCc1ccc(NC(N)=NCCCN2C(=O)C3C4C=CC(C4)C3C2=O)cc1. The molecule has 1 aromatic carbocycles. The van der Waals surface area contributed by atoms with Gasteiger partial charge in [0.25, 0.3) is 0 Å². The van der Waals surface area contributed by atoms with Crippen molar-refractivity contribution in [3.8, 4) is 0 Å². The van der Waals surface area contributed by atoms with E-state index in [1.807, 2.05) is 12.1 Å². The zero-order valence-corrected chi connectivity index (χ0v) is 15.6. The first-order valence-electron chi connectivity index (χ1n) is 9.78. The highest BCUT2D eigenvalue weighted by molar-refractivity contribution is 6.06. The third-order valence-corrected chi connectivity index (χ3v) is 6.02. The lowest BCUT2D eigenvalue weighted by Gasteiger charge is -2.16. The predicted molar refractivity (Wildman–Crippen MR) is 105 cm³/mol. The number of amides is 2. The van der Waals surface area contributed by atoms with Gasteiger partial charge >= 0.3 is 0 Å². The predicted octanol–water partition coefficient (Wildman–Crippen LogP) is 2.17. The number of aliphatic imine (C=N–C) groups is 1. The van der Waals surface area contributed by atoms with E-state index in [1.165, 1.54) is 10.5 Å². The second-order valence-electron chi connectivity index (χ2n) is 7.62. The summed E-state index contributed by atoms with van der Waals surface area (Å²) in [5.41, 5.74) is 8.09. The van der Waals surface area contributed by atoms with E-state index in [-0.39, 0.29) is 35.5 Å². The molecule has 0 spiro atoms. The van der Waals surface area contributed by atoms with E-state index in [1.54, 1.807) is 0 Å². The molecule has 142 valence electrons. The van der Waals surface area contributed by atoms with Crippen LogP contribution >= 0.6 is 0 Å². The van der Waals surface area contributed by atoms with Crippen LogP contribution in [0.2, 0.25) is 0 Å². The van der Waals surface area contributed by atoms with Crippen LogP contribution in [-0.2, 0) is 16.0 Å². The molecule has 2 amide bonds. The molecule has 2 fully saturated rings. The minimum atomic E-state index is -0.117. The smallest absolute Gasteiger partial charge is 0.233 e.